The van der Waals surface area contributed by atoms with Gasteiger partial charge in [-0.05, 0) is 69.6 Å². The first kappa shape index (κ1) is 43.6. The highest BCUT2D eigenvalue weighted by Crippen LogP contribution is 2.35. The molecule has 9 rings (SSSR count). The maximum Gasteiger partial charge on any atom is 0.284 e. The number of aliphatic hydroxyl groups is 1. The van der Waals surface area contributed by atoms with Crippen molar-refractivity contribution in [3.8, 4) is 0 Å². The zero-order chi connectivity index (χ0) is 44.3. The van der Waals surface area contributed by atoms with Crippen molar-refractivity contribution in [2.45, 2.75) is 88.2 Å². The number of amides is 4. The summed E-state index contributed by atoms with van der Waals surface area (Å²) in [6.07, 6.45) is 6.07. The lowest BCUT2D eigenvalue weighted by Gasteiger charge is -2.32. The van der Waals surface area contributed by atoms with Crippen LogP contribution >= 0.6 is 0 Å². The fourth-order valence-corrected chi connectivity index (χ4v) is 9.32. The fraction of sp³-hybridized carbons (Fsp3) is 0.558. The van der Waals surface area contributed by atoms with Gasteiger partial charge in [0.25, 0.3) is 24.1 Å². The van der Waals surface area contributed by atoms with Crippen LogP contribution in [-0.2, 0) is 19.0 Å². The molecule has 4 atom stereocenters. The van der Waals surface area contributed by atoms with E-state index in [0.29, 0.717) is 57.3 Å². The molecule has 64 heavy (non-hydrogen) atoms. The van der Waals surface area contributed by atoms with Crippen LogP contribution in [0.3, 0.4) is 0 Å². The molecule has 8 heterocycles. The molecule has 2 unspecified atom stereocenters. The van der Waals surface area contributed by atoms with Gasteiger partial charge in [0.1, 0.15) is 23.7 Å². The number of hydrogen-bond donors (Lipinski definition) is 4. The molecule has 0 aliphatic carbocycles. The highest BCUT2D eigenvalue weighted by Gasteiger charge is 2.46. The van der Waals surface area contributed by atoms with E-state index in [-0.39, 0.29) is 53.4 Å². The van der Waals surface area contributed by atoms with Crippen LogP contribution in [0.2, 0.25) is 0 Å². The van der Waals surface area contributed by atoms with Crippen LogP contribution in [-0.4, -0.2) is 153 Å². The minimum Gasteiger partial charge on any atom is -0.384 e. The Morgan fingerprint density at radius 2 is 1.77 bits per heavy atom. The Morgan fingerprint density at radius 1 is 0.969 bits per heavy atom. The second kappa shape index (κ2) is 19.2. The van der Waals surface area contributed by atoms with Crippen molar-refractivity contribution in [1.82, 2.24) is 39.5 Å². The van der Waals surface area contributed by atoms with Gasteiger partial charge in [-0.3, -0.25) is 28.8 Å². The van der Waals surface area contributed by atoms with E-state index in [9.17, 15) is 33.1 Å². The highest BCUT2D eigenvalue weighted by molar-refractivity contribution is 6.25. The van der Waals surface area contributed by atoms with E-state index in [0.717, 1.165) is 69.0 Å². The molecule has 4 amide bonds. The van der Waals surface area contributed by atoms with E-state index in [2.05, 4.69) is 35.9 Å². The molecule has 1 aromatic carbocycles. The Labute approximate surface area is 367 Å². The van der Waals surface area contributed by atoms with E-state index in [4.69, 9.17) is 19.2 Å². The van der Waals surface area contributed by atoms with Crippen LogP contribution in [0.1, 0.15) is 101 Å². The molecule has 0 radical (unpaired) electrons. The molecule has 4 N–H and O–H groups in total. The third kappa shape index (κ3) is 9.17. The summed E-state index contributed by atoms with van der Waals surface area (Å²) in [6.45, 7) is 6.50. The lowest BCUT2D eigenvalue weighted by Crippen LogP contribution is -2.55. The lowest BCUT2D eigenvalue weighted by atomic mass is 10.0. The minimum absolute atomic E-state index is 0.0274. The van der Waals surface area contributed by atoms with E-state index >= 15 is 0 Å². The Morgan fingerprint density at radius 3 is 2.52 bits per heavy atom. The third-order valence-corrected chi connectivity index (χ3v) is 12.6. The smallest absolute Gasteiger partial charge is 0.284 e. The molecule has 3 aromatic heterocycles. The second-order valence-electron chi connectivity index (χ2n) is 16.9. The molecule has 21 heteroatoms. The monoisotopic (exact) mass is 889 g/mol. The van der Waals surface area contributed by atoms with Crippen molar-refractivity contribution in [1.29, 1.82) is 0 Å². The first-order valence-electron chi connectivity index (χ1n) is 22.1. The van der Waals surface area contributed by atoms with Crippen LogP contribution in [0, 0.1) is 0 Å². The zero-order valence-electron chi connectivity index (χ0n) is 35.4. The van der Waals surface area contributed by atoms with Crippen molar-refractivity contribution in [2.24, 2.45) is 0 Å². The maximum atomic E-state index is 14.2. The number of anilines is 3. The van der Waals surface area contributed by atoms with E-state index in [1.54, 1.807) is 29.1 Å². The van der Waals surface area contributed by atoms with Gasteiger partial charge >= 0.3 is 0 Å². The number of benzene rings is 1. The average Bonchev–Trinajstić information content (AvgIpc) is 4.14. The molecule has 0 saturated carbocycles. The predicted molar refractivity (Wildman–Crippen MR) is 226 cm³/mol. The number of nitrogens with zero attached hydrogens (tertiary/aromatic N) is 8. The Balaban J connectivity index is 0.646. The van der Waals surface area contributed by atoms with Crippen molar-refractivity contribution >= 4 is 46.5 Å². The number of alkyl halides is 2. The SMILES string of the molecule is O=C(Nc1cn(C2CCN(CCCOCCCOCCCNc3cccc4c3C(=O)N(C3CCC(O)NC3=O)C4=O)CC2)nc1C(F)F)c1cnn2ccc(N3C[C@H]4C[C@@H]3CO4)nc12. The molecule has 5 aliphatic heterocycles. The molecule has 19 nitrogen and oxygen atoms in total. The van der Waals surface area contributed by atoms with Crippen molar-refractivity contribution in [3.63, 3.8) is 0 Å². The van der Waals surface area contributed by atoms with Gasteiger partial charge in [-0.1, -0.05) is 6.07 Å². The Bertz CT molecular complexity index is 2350. The van der Waals surface area contributed by atoms with Gasteiger partial charge in [-0.2, -0.15) is 10.2 Å². The number of imide groups is 1. The number of hydrogen-bond acceptors (Lipinski definition) is 14. The van der Waals surface area contributed by atoms with Gasteiger partial charge < -0.3 is 45.1 Å². The lowest BCUT2D eigenvalue weighted by molar-refractivity contribution is -0.131. The van der Waals surface area contributed by atoms with Crippen LogP contribution < -0.4 is 20.9 Å². The molecule has 2 bridgehead atoms. The van der Waals surface area contributed by atoms with E-state index < -0.39 is 48.0 Å². The molecule has 0 spiro atoms. The van der Waals surface area contributed by atoms with Gasteiger partial charge in [0, 0.05) is 77.2 Å². The van der Waals surface area contributed by atoms with Crippen LogP contribution in [0.15, 0.2) is 42.9 Å². The normalized spacial score (nSPS) is 22.6. The summed E-state index contributed by atoms with van der Waals surface area (Å²) >= 11 is 0. The largest absolute Gasteiger partial charge is 0.384 e. The summed E-state index contributed by atoms with van der Waals surface area (Å²) in [5.74, 6) is -1.44. The third-order valence-electron chi connectivity index (χ3n) is 12.6. The van der Waals surface area contributed by atoms with Gasteiger partial charge in [0.05, 0.1) is 47.8 Å². The summed E-state index contributed by atoms with van der Waals surface area (Å²) in [6, 6.07) is 6.07. The number of fused-ring (bicyclic) bond motifs is 4. The number of likely N-dealkylation sites (tertiary alicyclic amines) is 1. The average molecular weight is 890 g/mol. The van der Waals surface area contributed by atoms with Crippen molar-refractivity contribution < 1.29 is 47.3 Å². The van der Waals surface area contributed by atoms with Gasteiger partial charge in [-0.25, -0.2) is 18.3 Å². The Hall–Kier alpha value is -5.61. The van der Waals surface area contributed by atoms with Crippen LogP contribution in [0.4, 0.5) is 26.0 Å². The number of aliphatic hydroxyl groups excluding tert-OH is 1. The van der Waals surface area contributed by atoms with Crippen molar-refractivity contribution in [3.05, 3.63) is 65.2 Å². The van der Waals surface area contributed by atoms with Gasteiger partial charge in [0.2, 0.25) is 5.91 Å². The molecular weight excluding hydrogens is 837 g/mol. The number of carbonyl (C=O) groups is 4. The molecular formula is C43H53F2N11O8. The summed E-state index contributed by atoms with van der Waals surface area (Å²) in [4.78, 5) is 62.5. The quantitative estimate of drug-likeness (QED) is 0.0788. The molecule has 342 valence electrons. The van der Waals surface area contributed by atoms with Crippen LogP contribution in [0.5, 0.6) is 0 Å². The topological polar surface area (TPSA) is 210 Å². The first-order valence-corrected chi connectivity index (χ1v) is 22.1. The number of aromatic nitrogens is 5. The second-order valence-corrected chi connectivity index (χ2v) is 16.9. The zero-order valence-corrected chi connectivity index (χ0v) is 35.4. The molecule has 4 aromatic rings. The number of morpholine rings is 1. The molecule has 4 saturated heterocycles. The fourth-order valence-electron chi connectivity index (χ4n) is 9.32. The van der Waals surface area contributed by atoms with Gasteiger partial charge in [-0.15, -0.1) is 0 Å². The molecule has 4 fully saturated rings. The number of carbonyl (C=O) groups excluding carboxylic acids is 4. The number of piperidine rings is 2. The predicted octanol–water partition coefficient (Wildman–Crippen LogP) is 3.24. The van der Waals surface area contributed by atoms with Gasteiger partial charge in [0.15, 0.2) is 11.3 Å². The number of rotatable bonds is 19. The summed E-state index contributed by atoms with van der Waals surface area (Å²) in [5.41, 5.74) is 1.05. The first-order chi connectivity index (χ1) is 31.1. The van der Waals surface area contributed by atoms with Crippen molar-refractivity contribution in [2.75, 3.05) is 81.3 Å². The highest BCUT2D eigenvalue weighted by atomic mass is 19.3. The summed E-state index contributed by atoms with van der Waals surface area (Å²) in [7, 11) is 0. The maximum absolute atomic E-state index is 14.2. The number of nitrogens with one attached hydrogen (secondary N) is 3. The molecule has 5 aliphatic rings. The van der Waals surface area contributed by atoms with E-state index in [1.807, 2.05) is 6.07 Å². The number of ether oxygens (including phenoxy) is 3. The Kier molecular flexibility index (Phi) is 13.1. The number of halogens is 2. The van der Waals surface area contributed by atoms with Crippen LogP contribution in [0.25, 0.3) is 5.65 Å². The van der Waals surface area contributed by atoms with E-state index in [1.165, 1.54) is 16.9 Å². The minimum atomic E-state index is -2.87. The standard InChI is InChI=1S/C43H53F2N11O8/c44-38(45)37-32(48-40(58)30-22-47-54-16-11-34(49-39(30)54)53-23-28-21-27(53)25-64-28)24-55(51-37)26-9-14-52(15-10-26)13-3-18-63-20-4-19-62-17-2-12-46-31-6-1-5-29-36(31)43(61)56(42(29)60)33-7-8-35(57)50-41(33)59/h1,5-6,11,16,22,24,26-28,33,35,38,46,57H,2-4,7-10,12-15,17-21,23,25H2,(H,48,58)(H,50,59)/t27-,28-,33?,35?/m1/s1. The summed E-state index contributed by atoms with van der Waals surface area (Å²) < 4.78 is 48.8. The summed E-state index contributed by atoms with van der Waals surface area (Å²) in [5, 5.41) is 26.5.